The first-order chi connectivity index (χ1) is 11.7. The van der Waals surface area contributed by atoms with Gasteiger partial charge in [0.1, 0.15) is 17.0 Å². The van der Waals surface area contributed by atoms with Gasteiger partial charge in [0.05, 0.1) is 5.39 Å². The Kier molecular flexibility index (Phi) is 4.21. The Morgan fingerprint density at radius 1 is 1.21 bits per heavy atom. The summed E-state index contributed by atoms with van der Waals surface area (Å²) in [5.41, 5.74) is 2.68. The van der Waals surface area contributed by atoms with Crippen LogP contribution in [0.15, 0.2) is 36.7 Å². The van der Waals surface area contributed by atoms with Crippen molar-refractivity contribution < 1.29 is 0 Å². The highest BCUT2D eigenvalue weighted by Gasteiger charge is 2.24. The van der Waals surface area contributed by atoms with E-state index in [1.54, 1.807) is 17.7 Å². The number of nitrogens with zero attached hydrogens (tertiary/aromatic N) is 3. The highest BCUT2D eigenvalue weighted by Crippen LogP contribution is 2.33. The molecule has 1 atom stereocenters. The van der Waals surface area contributed by atoms with Gasteiger partial charge >= 0.3 is 0 Å². The molecule has 0 saturated carbocycles. The van der Waals surface area contributed by atoms with Crippen LogP contribution in [-0.2, 0) is 6.54 Å². The van der Waals surface area contributed by atoms with E-state index in [2.05, 4.69) is 64.4 Å². The molecule has 3 heterocycles. The molecule has 124 valence electrons. The molecule has 2 aromatic heterocycles. The molecular weight excluding hydrogens is 316 g/mol. The quantitative estimate of drug-likeness (QED) is 0.781. The second-order valence-corrected chi connectivity index (χ2v) is 7.74. The summed E-state index contributed by atoms with van der Waals surface area (Å²) in [4.78, 5) is 13.9. The van der Waals surface area contributed by atoms with Crippen molar-refractivity contribution >= 4 is 27.4 Å². The molecule has 1 N–H and O–H groups in total. The Hall–Kier alpha value is -1.98. The third-order valence-corrected chi connectivity index (χ3v) is 5.94. The van der Waals surface area contributed by atoms with Crippen molar-refractivity contribution in [2.75, 3.05) is 18.4 Å². The van der Waals surface area contributed by atoms with Crippen molar-refractivity contribution in [3.05, 3.63) is 52.7 Å². The lowest BCUT2D eigenvalue weighted by Gasteiger charge is -2.17. The minimum absolute atomic E-state index is 0.450. The molecule has 4 nitrogen and oxygen atoms in total. The van der Waals surface area contributed by atoms with Gasteiger partial charge in [-0.2, -0.15) is 0 Å². The van der Waals surface area contributed by atoms with Crippen LogP contribution >= 0.6 is 11.3 Å². The molecule has 3 aromatic rings. The first-order valence-electron chi connectivity index (χ1n) is 8.44. The Morgan fingerprint density at radius 2 is 2.04 bits per heavy atom. The lowest BCUT2D eigenvalue weighted by molar-refractivity contribution is 0.328. The third-order valence-electron chi connectivity index (χ3n) is 4.83. The maximum atomic E-state index is 4.52. The molecule has 24 heavy (non-hydrogen) atoms. The summed E-state index contributed by atoms with van der Waals surface area (Å²) in [7, 11) is 0. The van der Waals surface area contributed by atoms with Gasteiger partial charge in [-0.05, 0) is 31.4 Å². The first kappa shape index (κ1) is 15.5. The number of hydrogen-bond acceptors (Lipinski definition) is 5. The monoisotopic (exact) mass is 338 g/mol. The van der Waals surface area contributed by atoms with E-state index in [9.17, 15) is 0 Å². The smallest absolute Gasteiger partial charge is 0.138 e. The minimum atomic E-state index is 0.450. The van der Waals surface area contributed by atoms with Crippen LogP contribution in [0.5, 0.6) is 0 Å². The largest absolute Gasteiger partial charge is 0.365 e. The van der Waals surface area contributed by atoms with Crippen molar-refractivity contribution in [2.24, 2.45) is 0 Å². The molecule has 1 saturated heterocycles. The average molecular weight is 338 g/mol. The van der Waals surface area contributed by atoms with Gasteiger partial charge in [0, 0.05) is 30.6 Å². The van der Waals surface area contributed by atoms with E-state index in [0.717, 1.165) is 36.7 Å². The zero-order valence-electron chi connectivity index (χ0n) is 14.1. The van der Waals surface area contributed by atoms with Gasteiger partial charge in [-0.3, -0.25) is 4.90 Å². The molecule has 0 aliphatic carbocycles. The number of nitrogens with one attached hydrogen (secondary N) is 1. The number of likely N-dealkylation sites (tertiary alicyclic amines) is 1. The molecule has 4 rings (SSSR count). The zero-order chi connectivity index (χ0) is 16.5. The van der Waals surface area contributed by atoms with E-state index < -0.39 is 0 Å². The molecule has 5 heteroatoms. The molecule has 0 amide bonds. The molecule has 0 spiro atoms. The van der Waals surface area contributed by atoms with Crippen LogP contribution in [0.2, 0.25) is 0 Å². The van der Waals surface area contributed by atoms with Gasteiger partial charge in [-0.1, -0.05) is 30.3 Å². The van der Waals surface area contributed by atoms with Gasteiger partial charge in [-0.15, -0.1) is 11.3 Å². The summed E-state index contributed by atoms with van der Waals surface area (Å²) >= 11 is 1.75. The predicted octanol–water partition coefficient (Wildman–Crippen LogP) is 3.99. The average Bonchev–Trinajstić information content (AvgIpc) is 3.14. The maximum absolute atomic E-state index is 4.52. The lowest BCUT2D eigenvalue weighted by atomic mass is 10.2. The normalized spacial score (nSPS) is 18.3. The number of hydrogen-bond donors (Lipinski definition) is 1. The molecule has 0 radical (unpaired) electrons. The lowest BCUT2D eigenvalue weighted by Crippen LogP contribution is -2.26. The summed E-state index contributed by atoms with van der Waals surface area (Å²) in [5, 5.41) is 4.86. The Morgan fingerprint density at radius 3 is 2.88 bits per heavy atom. The summed E-state index contributed by atoms with van der Waals surface area (Å²) in [6.45, 7) is 7.53. The van der Waals surface area contributed by atoms with E-state index in [4.69, 9.17) is 0 Å². The number of benzene rings is 1. The number of anilines is 1. The second-order valence-electron chi connectivity index (χ2n) is 6.54. The number of aryl methyl sites for hydroxylation is 2. The molecule has 1 aliphatic heterocycles. The summed E-state index contributed by atoms with van der Waals surface area (Å²) < 4.78 is 0. The first-order valence-corrected chi connectivity index (χ1v) is 9.26. The van der Waals surface area contributed by atoms with E-state index in [0.29, 0.717) is 6.04 Å². The third kappa shape index (κ3) is 3.01. The summed E-state index contributed by atoms with van der Waals surface area (Å²) in [5.74, 6) is 0.994. The minimum Gasteiger partial charge on any atom is -0.365 e. The number of fused-ring (bicyclic) bond motifs is 1. The topological polar surface area (TPSA) is 41.1 Å². The van der Waals surface area contributed by atoms with Crippen LogP contribution in [0.1, 0.15) is 22.4 Å². The fourth-order valence-electron chi connectivity index (χ4n) is 3.42. The highest BCUT2D eigenvalue weighted by atomic mass is 32.1. The van der Waals surface area contributed by atoms with Crippen molar-refractivity contribution in [1.29, 1.82) is 0 Å². The second kappa shape index (κ2) is 6.49. The fourth-order valence-corrected chi connectivity index (χ4v) is 4.42. The number of rotatable bonds is 4. The van der Waals surface area contributed by atoms with Crippen LogP contribution in [-0.4, -0.2) is 34.0 Å². The van der Waals surface area contributed by atoms with E-state index in [-0.39, 0.29) is 0 Å². The van der Waals surface area contributed by atoms with Gasteiger partial charge in [0.2, 0.25) is 0 Å². The van der Waals surface area contributed by atoms with Crippen LogP contribution < -0.4 is 5.32 Å². The zero-order valence-corrected chi connectivity index (χ0v) is 14.9. The number of aromatic nitrogens is 2. The fraction of sp³-hybridized carbons (Fsp3) is 0.368. The molecule has 1 aliphatic rings. The molecule has 0 unspecified atom stereocenters. The summed E-state index contributed by atoms with van der Waals surface area (Å²) in [6, 6.07) is 11.1. The van der Waals surface area contributed by atoms with E-state index in [1.807, 2.05) is 0 Å². The molecule has 1 aromatic carbocycles. The Labute approximate surface area is 146 Å². The molecule has 0 bridgehead atoms. The SMILES string of the molecule is Cc1sc2ncnc(N[C@@H]3CCN(Cc4ccccc4)C3)c2c1C. The van der Waals surface area contributed by atoms with Gasteiger partial charge in [-0.25, -0.2) is 9.97 Å². The molecule has 1 fully saturated rings. The predicted molar refractivity (Wildman–Crippen MR) is 101 cm³/mol. The van der Waals surface area contributed by atoms with Crippen molar-refractivity contribution in [2.45, 2.75) is 32.9 Å². The van der Waals surface area contributed by atoms with Gasteiger partial charge in [0.25, 0.3) is 0 Å². The van der Waals surface area contributed by atoms with Crippen molar-refractivity contribution in [3.8, 4) is 0 Å². The Balaban J connectivity index is 1.47. The highest BCUT2D eigenvalue weighted by molar-refractivity contribution is 7.18. The van der Waals surface area contributed by atoms with Crippen LogP contribution in [0.4, 0.5) is 5.82 Å². The number of thiophene rings is 1. The maximum Gasteiger partial charge on any atom is 0.138 e. The van der Waals surface area contributed by atoms with Crippen molar-refractivity contribution in [3.63, 3.8) is 0 Å². The summed E-state index contributed by atoms with van der Waals surface area (Å²) in [6.07, 6.45) is 2.83. The Bertz CT molecular complexity index is 843. The standard InChI is InChI=1S/C19H22N4S/c1-13-14(2)24-19-17(13)18(20-12-21-19)22-16-8-9-23(11-16)10-15-6-4-3-5-7-15/h3-7,12,16H,8-11H2,1-2H3,(H,20,21,22)/t16-/m1/s1. The van der Waals surface area contributed by atoms with Crippen LogP contribution in [0.25, 0.3) is 10.2 Å². The van der Waals surface area contributed by atoms with Crippen LogP contribution in [0.3, 0.4) is 0 Å². The molecular formula is C19H22N4S. The van der Waals surface area contributed by atoms with E-state index >= 15 is 0 Å². The van der Waals surface area contributed by atoms with Gasteiger partial charge in [0.15, 0.2) is 0 Å². The van der Waals surface area contributed by atoms with Crippen LogP contribution in [0, 0.1) is 13.8 Å². The van der Waals surface area contributed by atoms with E-state index in [1.165, 1.54) is 21.4 Å². The van der Waals surface area contributed by atoms with Gasteiger partial charge < -0.3 is 5.32 Å². The van der Waals surface area contributed by atoms with Crippen molar-refractivity contribution in [1.82, 2.24) is 14.9 Å².